The zero-order valence-electron chi connectivity index (χ0n) is 10.9. The fraction of sp³-hybridized carbons (Fsp3) is 0.636. The average molecular weight is 266 g/mol. The van der Waals surface area contributed by atoms with Gasteiger partial charge in [-0.15, -0.1) is 0 Å². The summed E-state index contributed by atoms with van der Waals surface area (Å²) in [6.45, 7) is 2.83. The molecular formula is C11H18N6O2. The van der Waals surface area contributed by atoms with Crippen molar-refractivity contribution in [1.82, 2.24) is 9.97 Å². The molecule has 1 aliphatic heterocycles. The fourth-order valence-corrected chi connectivity index (χ4v) is 2.37. The molecule has 0 aliphatic carbocycles. The Morgan fingerprint density at radius 2 is 2.32 bits per heavy atom. The van der Waals surface area contributed by atoms with Crippen LogP contribution in [0.3, 0.4) is 0 Å². The van der Waals surface area contributed by atoms with E-state index >= 15 is 0 Å². The standard InChI is InChI=1S/C11H18N6O2/c1-8-5-3-2-4-6-16(8)10-9(17(18)19)7-13-11(14-10)15-12/h7-8H,2-6,12H2,1H3,(H,13,14,15). The lowest BCUT2D eigenvalue weighted by Crippen LogP contribution is -2.34. The largest absolute Gasteiger partial charge is 0.348 e. The summed E-state index contributed by atoms with van der Waals surface area (Å²) < 4.78 is 0. The average Bonchev–Trinajstić information content (AvgIpc) is 2.62. The number of hydrogen-bond donors (Lipinski definition) is 2. The van der Waals surface area contributed by atoms with Crippen LogP contribution in [0, 0.1) is 10.1 Å². The zero-order valence-corrected chi connectivity index (χ0v) is 10.9. The number of anilines is 2. The number of nitro groups is 1. The summed E-state index contributed by atoms with van der Waals surface area (Å²) in [7, 11) is 0. The van der Waals surface area contributed by atoms with Crippen LogP contribution in [-0.2, 0) is 0 Å². The lowest BCUT2D eigenvalue weighted by atomic mass is 10.1. The van der Waals surface area contributed by atoms with Crippen LogP contribution in [0.2, 0.25) is 0 Å². The smallest absolute Gasteiger partial charge is 0.329 e. The molecule has 0 saturated carbocycles. The molecule has 1 atom stereocenters. The third-order valence-corrected chi connectivity index (χ3v) is 3.40. The SMILES string of the molecule is CC1CCCCCN1c1nc(NN)ncc1[N+](=O)[O-]. The maximum atomic E-state index is 11.1. The van der Waals surface area contributed by atoms with Gasteiger partial charge >= 0.3 is 5.69 Å². The highest BCUT2D eigenvalue weighted by Gasteiger charge is 2.27. The van der Waals surface area contributed by atoms with Gasteiger partial charge < -0.3 is 4.90 Å². The van der Waals surface area contributed by atoms with Crippen LogP contribution in [0.25, 0.3) is 0 Å². The summed E-state index contributed by atoms with van der Waals surface area (Å²) >= 11 is 0. The van der Waals surface area contributed by atoms with Crippen molar-refractivity contribution in [3.05, 3.63) is 16.3 Å². The second-order valence-corrected chi connectivity index (χ2v) is 4.70. The van der Waals surface area contributed by atoms with Gasteiger partial charge in [0.25, 0.3) is 0 Å². The van der Waals surface area contributed by atoms with Gasteiger partial charge in [-0.2, -0.15) is 4.98 Å². The van der Waals surface area contributed by atoms with Crippen LogP contribution < -0.4 is 16.2 Å². The molecule has 2 rings (SSSR count). The van der Waals surface area contributed by atoms with Gasteiger partial charge in [-0.25, -0.2) is 10.8 Å². The quantitative estimate of drug-likeness (QED) is 0.483. The number of nitrogens with zero attached hydrogens (tertiary/aromatic N) is 4. The van der Waals surface area contributed by atoms with Crippen LogP contribution in [0.5, 0.6) is 0 Å². The fourth-order valence-electron chi connectivity index (χ4n) is 2.37. The minimum atomic E-state index is -0.451. The van der Waals surface area contributed by atoms with E-state index in [1.807, 2.05) is 4.90 Å². The summed E-state index contributed by atoms with van der Waals surface area (Å²) in [5.41, 5.74) is 2.26. The van der Waals surface area contributed by atoms with E-state index in [0.717, 1.165) is 32.2 Å². The van der Waals surface area contributed by atoms with Crippen LogP contribution in [0.1, 0.15) is 32.6 Å². The molecule has 8 nitrogen and oxygen atoms in total. The van der Waals surface area contributed by atoms with Crippen molar-refractivity contribution in [2.45, 2.75) is 38.6 Å². The highest BCUT2D eigenvalue weighted by atomic mass is 16.6. The van der Waals surface area contributed by atoms with Crippen molar-refractivity contribution in [2.24, 2.45) is 5.84 Å². The summed E-state index contributed by atoms with van der Waals surface area (Å²) in [5.74, 6) is 5.82. The molecule has 1 aromatic heterocycles. The third kappa shape index (κ3) is 2.90. The number of nitrogens with two attached hydrogens (primary N) is 1. The van der Waals surface area contributed by atoms with E-state index in [1.54, 1.807) is 0 Å². The molecule has 0 bridgehead atoms. The maximum Gasteiger partial charge on any atom is 0.329 e. The first-order valence-electron chi connectivity index (χ1n) is 6.38. The third-order valence-electron chi connectivity index (χ3n) is 3.40. The van der Waals surface area contributed by atoms with E-state index in [9.17, 15) is 10.1 Å². The maximum absolute atomic E-state index is 11.1. The number of hydrogen-bond acceptors (Lipinski definition) is 7. The van der Waals surface area contributed by atoms with Gasteiger partial charge in [0.15, 0.2) is 0 Å². The predicted molar refractivity (Wildman–Crippen MR) is 71.8 cm³/mol. The van der Waals surface area contributed by atoms with Crippen molar-refractivity contribution < 1.29 is 4.92 Å². The molecule has 104 valence electrons. The van der Waals surface area contributed by atoms with Crippen molar-refractivity contribution in [3.8, 4) is 0 Å². The number of aromatic nitrogens is 2. The van der Waals surface area contributed by atoms with E-state index in [2.05, 4.69) is 22.3 Å². The van der Waals surface area contributed by atoms with Crippen LogP contribution in [-0.4, -0.2) is 27.5 Å². The Kier molecular flexibility index (Phi) is 4.10. The molecular weight excluding hydrogens is 248 g/mol. The molecule has 0 aromatic carbocycles. The Bertz CT molecular complexity index is 466. The Morgan fingerprint density at radius 3 is 3.00 bits per heavy atom. The van der Waals surface area contributed by atoms with Gasteiger partial charge in [0.1, 0.15) is 6.20 Å². The Hall–Kier alpha value is -1.96. The number of nitrogens with one attached hydrogen (secondary N) is 1. The Morgan fingerprint density at radius 1 is 1.53 bits per heavy atom. The minimum Gasteiger partial charge on any atom is -0.348 e. The highest BCUT2D eigenvalue weighted by Crippen LogP contribution is 2.30. The minimum absolute atomic E-state index is 0.0762. The van der Waals surface area contributed by atoms with Crippen LogP contribution in [0.15, 0.2) is 6.20 Å². The first-order valence-corrected chi connectivity index (χ1v) is 6.38. The topological polar surface area (TPSA) is 110 Å². The zero-order chi connectivity index (χ0) is 13.8. The molecule has 0 amide bonds. The van der Waals surface area contributed by atoms with E-state index < -0.39 is 4.92 Å². The van der Waals surface area contributed by atoms with Crippen molar-refractivity contribution in [3.63, 3.8) is 0 Å². The lowest BCUT2D eigenvalue weighted by molar-refractivity contribution is -0.384. The number of hydrazine groups is 1. The van der Waals surface area contributed by atoms with Crippen molar-refractivity contribution in [2.75, 3.05) is 16.9 Å². The summed E-state index contributed by atoms with van der Waals surface area (Å²) in [6.07, 6.45) is 5.50. The normalized spacial score (nSPS) is 19.9. The second kappa shape index (κ2) is 5.79. The van der Waals surface area contributed by atoms with Gasteiger partial charge in [0.2, 0.25) is 11.8 Å². The molecule has 0 radical (unpaired) electrons. The van der Waals surface area contributed by atoms with Gasteiger partial charge in [-0.3, -0.25) is 15.5 Å². The molecule has 1 aliphatic rings. The predicted octanol–water partition coefficient (Wildman–Crippen LogP) is 1.44. The summed E-state index contributed by atoms with van der Waals surface area (Å²) in [4.78, 5) is 20.6. The molecule has 0 spiro atoms. The first kappa shape index (κ1) is 13.5. The van der Waals surface area contributed by atoms with E-state index in [4.69, 9.17) is 5.84 Å². The molecule has 2 heterocycles. The van der Waals surface area contributed by atoms with Gasteiger partial charge in [0.05, 0.1) is 4.92 Å². The summed E-state index contributed by atoms with van der Waals surface area (Å²) in [5, 5.41) is 11.1. The molecule has 3 N–H and O–H groups in total. The lowest BCUT2D eigenvalue weighted by Gasteiger charge is -2.27. The monoisotopic (exact) mass is 266 g/mol. The van der Waals surface area contributed by atoms with Gasteiger partial charge in [-0.1, -0.05) is 12.8 Å². The summed E-state index contributed by atoms with van der Waals surface area (Å²) in [6, 6.07) is 0.224. The second-order valence-electron chi connectivity index (χ2n) is 4.70. The van der Waals surface area contributed by atoms with Crippen molar-refractivity contribution in [1.29, 1.82) is 0 Å². The van der Waals surface area contributed by atoms with E-state index in [0.29, 0.717) is 5.82 Å². The highest BCUT2D eigenvalue weighted by molar-refractivity contribution is 5.59. The van der Waals surface area contributed by atoms with Gasteiger partial charge in [-0.05, 0) is 19.8 Å². The van der Waals surface area contributed by atoms with Crippen LogP contribution in [0.4, 0.5) is 17.5 Å². The molecule has 8 heteroatoms. The Balaban J connectivity index is 2.41. The number of nitrogen functional groups attached to an aromatic ring is 1. The molecule has 19 heavy (non-hydrogen) atoms. The molecule has 1 saturated heterocycles. The van der Waals surface area contributed by atoms with Gasteiger partial charge in [0, 0.05) is 12.6 Å². The van der Waals surface area contributed by atoms with Crippen molar-refractivity contribution >= 4 is 17.5 Å². The molecule has 1 unspecified atom stereocenters. The molecule has 1 aromatic rings. The van der Waals surface area contributed by atoms with Crippen LogP contribution >= 0.6 is 0 Å². The Labute approximate surface area is 111 Å². The molecule has 1 fully saturated rings. The number of rotatable bonds is 3. The van der Waals surface area contributed by atoms with E-state index in [-0.39, 0.29) is 17.7 Å². The first-order chi connectivity index (χ1) is 9.13. The van der Waals surface area contributed by atoms with E-state index in [1.165, 1.54) is 6.20 Å².